The molecule has 2 rings (SSSR count). The van der Waals surface area contributed by atoms with Crippen LogP contribution in [-0.2, 0) is 5.41 Å². The van der Waals surface area contributed by atoms with Crippen molar-refractivity contribution in [2.75, 3.05) is 10.7 Å². The monoisotopic (exact) mass is 336 g/mol. The molecule has 4 N–H and O–H groups in total. The zero-order chi connectivity index (χ0) is 14.8. The van der Waals surface area contributed by atoms with Crippen molar-refractivity contribution >= 4 is 33.3 Å². The molecule has 0 saturated carbocycles. The molecule has 0 aliphatic carbocycles. The van der Waals surface area contributed by atoms with Crippen molar-refractivity contribution < 1.29 is 0 Å². The fourth-order valence-corrected chi connectivity index (χ4v) is 1.91. The second-order valence-corrected chi connectivity index (χ2v) is 6.29. The van der Waals surface area contributed by atoms with Gasteiger partial charge in [0.25, 0.3) is 0 Å². The van der Waals surface area contributed by atoms with Gasteiger partial charge in [0.05, 0.1) is 11.9 Å². The Morgan fingerprint density at radius 3 is 2.40 bits per heavy atom. The number of anilines is 3. The number of halogens is 1. The Labute approximate surface area is 126 Å². The Balaban J connectivity index is 2.36. The maximum absolute atomic E-state index is 5.46. The van der Waals surface area contributed by atoms with Crippen molar-refractivity contribution in [2.45, 2.75) is 26.2 Å². The van der Waals surface area contributed by atoms with E-state index >= 15 is 0 Å². The highest BCUT2D eigenvalue weighted by molar-refractivity contribution is 9.10. The zero-order valence-corrected chi connectivity index (χ0v) is 13.2. The van der Waals surface area contributed by atoms with Crippen LogP contribution >= 0.6 is 15.9 Å². The van der Waals surface area contributed by atoms with Gasteiger partial charge >= 0.3 is 0 Å². The normalized spacial score (nSPS) is 11.2. The molecule has 0 unspecified atom stereocenters. The number of nitrogens with one attached hydrogen (secondary N) is 2. The predicted molar refractivity (Wildman–Crippen MR) is 83.8 cm³/mol. The molecule has 0 aromatic carbocycles. The highest BCUT2D eigenvalue weighted by Gasteiger charge is 2.19. The molecular formula is C13H17BrN6. The highest BCUT2D eigenvalue weighted by atomic mass is 79.9. The van der Waals surface area contributed by atoms with Gasteiger partial charge in [0.1, 0.15) is 17.5 Å². The third-order valence-corrected chi connectivity index (χ3v) is 2.96. The van der Waals surface area contributed by atoms with Crippen molar-refractivity contribution in [3.05, 3.63) is 34.8 Å². The molecule has 0 radical (unpaired) electrons. The van der Waals surface area contributed by atoms with Gasteiger partial charge in [-0.25, -0.2) is 15.8 Å². The maximum Gasteiger partial charge on any atom is 0.145 e. The first-order valence-corrected chi connectivity index (χ1v) is 6.91. The molecule has 7 heteroatoms. The molecule has 0 atom stereocenters. The SMILES string of the molecule is CC(C)(C)c1nc(NN)cc(Nc2cncc(Br)c2)n1. The van der Waals surface area contributed by atoms with Crippen LogP contribution < -0.4 is 16.6 Å². The third-order valence-electron chi connectivity index (χ3n) is 2.52. The summed E-state index contributed by atoms with van der Waals surface area (Å²) in [5, 5.41) is 3.19. The topological polar surface area (TPSA) is 88.8 Å². The van der Waals surface area contributed by atoms with Crippen LogP contribution in [0.5, 0.6) is 0 Å². The zero-order valence-electron chi connectivity index (χ0n) is 11.6. The number of aromatic nitrogens is 3. The summed E-state index contributed by atoms with van der Waals surface area (Å²) < 4.78 is 0.893. The van der Waals surface area contributed by atoms with Crippen LogP contribution in [0.15, 0.2) is 29.0 Å². The summed E-state index contributed by atoms with van der Waals surface area (Å²) in [4.78, 5) is 13.0. The van der Waals surface area contributed by atoms with Crippen molar-refractivity contribution in [1.82, 2.24) is 15.0 Å². The first-order valence-electron chi connectivity index (χ1n) is 6.12. The minimum atomic E-state index is -0.168. The van der Waals surface area contributed by atoms with Gasteiger partial charge in [-0.15, -0.1) is 0 Å². The minimum Gasteiger partial charge on any atom is -0.339 e. The van der Waals surface area contributed by atoms with E-state index in [-0.39, 0.29) is 5.41 Å². The van der Waals surface area contributed by atoms with E-state index < -0.39 is 0 Å². The highest BCUT2D eigenvalue weighted by Crippen LogP contribution is 2.24. The van der Waals surface area contributed by atoms with Gasteiger partial charge in [0, 0.05) is 22.2 Å². The second-order valence-electron chi connectivity index (χ2n) is 5.37. The van der Waals surface area contributed by atoms with Crippen LogP contribution in [0.1, 0.15) is 26.6 Å². The number of nitrogens with zero attached hydrogens (tertiary/aromatic N) is 3. The molecular weight excluding hydrogens is 320 g/mol. The van der Waals surface area contributed by atoms with E-state index in [1.807, 2.05) is 26.8 Å². The molecule has 0 fully saturated rings. The number of rotatable bonds is 3. The van der Waals surface area contributed by atoms with E-state index in [1.54, 1.807) is 18.5 Å². The van der Waals surface area contributed by atoms with Gasteiger partial charge in [0.15, 0.2) is 0 Å². The lowest BCUT2D eigenvalue weighted by Crippen LogP contribution is -2.19. The smallest absolute Gasteiger partial charge is 0.145 e. The van der Waals surface area contributed by atoms with Crippen LogP contribution in [-0.4, -0.2) is 15.0 Å². The summed E-state index contributed by atoms with van der Waals surface area (Å²) in [5.74, 6) is 7.40. The summed E-state index contributed by atoms with van der Waals surface area (Å²) in [7, 11) is 0. The molecule has 20 heavy (non-hydrogen) atoms. The molecule has 0 spiro atoms. The fraction of sp³-hybridized carbons (Fsp3) is 0.308. The Kier molecular flexibility index (Phi) is 4.20. The Morgan fingerprint density at radius 2 is 1.80 bits per heavy atom. The summed E-state index contributed by atoms with van der Waals surface area (Å²) in [5.41, 5.74) is 3.23. The summed E-state index contributed by atoms with van der Waals surface area (Å²) in [6.45, 7) is 6.15. The molecule has 0 aliphatic heterocycles. The third kappa shape index (κ3) is 3.64. The average Bonchev–Trinajstić information content (AvgIpc) is 2.37. The Morgan fingerprint density at radius 1 is 1.10 bits per heavy atom. The van der Waals surface area contributed by atoms with E-state index in [4.69, 9.17) is 5.84 Å². The van der Waals surface area contributed by atoms with Crippen molar-refractivity contribution in [3.63, 3.8) is 0 Å². The first-order chi connectivity index (χ1) is 9.38. The van der Waals surface area contributed by atoms with Crippen molar-refractivity contribution in [2.24, 2.45) is 5.84 Å². The fourth-order valence-electron chi connectivity index (χ4n) is 1.55. The number of hydrazine groups is 1. The molecule has 0 saturated heterocycles. The maximum atomic E-state index is 5.46. The molecule has 6 nitrogen and oxygen atoms in total. The molecule has 2 aromatic rings. The lowest BCUT2D eigenvalue weighted by molar-refractivity contribution is 0.547. The van der Waals surface area contributed by atoms with Crippen LogP contribution in [0.3, 0.4) is 0 Å². The second kappa shape index (κ2) is 5.72. The number of pyridine rings is 1. The molecule has 106 valence electrons. The van der Waals surface area contributed by atoms with Crippen molar-refractivity contribution in [1.29, 1.82) is 0 Å². The lowest BCUT2D eigenvalue weighted by atomic mass is 9.96. The number of hydrogen-bond donors (Lipinski definition) is 3. The minimum absolute atomic E-state index is 0.168. The van der Waals surface area contributed by atoms with Crippen molar-refractivity contribution in [3.8, 4) is 0 Å². The standard InChI is InChI=1S/C13H17BrN6/c1-13(2,3)12-18-10(5-11(19-12)20-15)17-9-4-8(14)6-16-7-9/h4-7H,15H2,1-3H3,(H2,17,18,19,20). The van der Waals surface area contributed by atoms with E-state index in [0.29, 0.717) is 17.5 Å². The van der Waals surface area contributed by atoms with E-state index in [1.165, 1.54) is 0 Å². The molecule has 2 heterocycles. The lowest BCUT2D eigenvalue weighted by Gasteiger charge is -2.18. The number of nitrogens with two attached hydrogens (primary N) is 1. The summed E-state index contributed by atoms with van der Waals surface area (Å²) in [6, 6.07) is 3.66. The molecule has 0 bridgehead atoms. The predicted octanol–water partition coefficient (Wildman–Crippen LogP) is 2.96. The van der Waals surface area contributed by atoms with E-state index in [0.717, 1.165) is 10.2 Å². The Hall–Kier alpha value is -1.73. The van der Waals surface area contributed by atoms with Gasteiger partial charge in [-0.3, -0.25) is 4.98 Å². The quantitative estimate of drug-likeness (QED) is 0.589. The van der Waals surface area contributed by atoms with Gasteiger partial charge in [0.2, 0.25) is 0 Å². The van der Waals surface area contributed by atoms with Gasteiger partial charge < -0.3 is 10.7 Å². The number of hydrogen-bond acceptors (Lipinski definition) is 6. The van der Waals surface area contributed by atoms with E-state index in [2.05, 4.69) is 41.6 Å². The molecule has 0 amide bonds. The molecule has 0 aliphatic rings. The van der Waals surface area contributed by atoms with E-state index in [9.17, 15) is 0 Å². The molecule has 2 aromatic heterocycles. The van der Waals surface area contributed by atoms with Gasteiger partial charge in [-0.05, 0) is 22.0 Å². The van der Waals surface area contributed by atoms with Gasteiger partial charge in [-0.2, -0.15) is 0 Å². The van der Waals surface area contributed by atoms with Crippen LogP contribution in [0.2, 0.25) is 0 Å². The van der Waals surface area contributed by atoms with Crippen LogP contribution in [0.4, 0.5) is 17.3 Å². The van der Waals surface area contributed by atoms with Crippen LogP contribution in [0, 0.1) is 0 Å². The largest absolute Gasteiger partial charge is 0.339 e. The number of nitrogen functional groups attached to an aromatic ring is 1. The summed E-state index contributed by atoms with van der Waals surface area (Å²) in [6.07, 6.45) is 3.44. The van der Waals surface area contributed by atoms with Crippen LogP contribution in [0.25, 0.3) is 0 Å². The Bertz CT molecular complexity index is 608. The first kappa shape index (κ1) is 14.7. The summed E-state index contributed by atoms with van der Waals surface area (Å²) >= 11 is 3.38. The van der Waals surface area contributed by atoms with Gasteiger partial charge in [-0.1, -0.05) is 20.8 Å². The average molecular weight is 337 g/mol.